The van der Waals surface area contributed by atoms with Crippen molar-refractivity contribution in [3.63, 3.8) is 0 Å². The Bertz CT molecular complexity index is 1520. The van der Waals surface area contributed by atoms with Gasteiger partial charge in [0.05, 0.1) is 10.9 Å². The number of nitrogens with zero attached hydrogens (tertiary/aromatic N) is 1. The standard InChI is InChI=1S/C34H32NO2PS/c1-28-22-24-33(25-23-28)39(36,37)35(26-29-14-6-2-7-15-29)34(30-16-8-3-9-17-30)27-38(31-18-10-4-11-19-31)32-20-12-5-13-21-32/h2-25,34H,26-27H2,1H3. The summed E-state index contributed by atoms with van der Waals surface area (Å²) in [5.41, 5.74) is 2.97. The van der Waals surface area contributed by atoms with Gasteiger partial charge in [-0.25, -0.2) is 8.42 Å². The molecule has 0 aromatic heterocycles. The summed E-state index contributed by atoms with van der Waals surface area (Å²) in [6.07, 6.45) is 0.658. The molecule has 5 heteroatoms. The molecule has 0 fully saturated rings. The van der Waals surface area contributed by atoms with E-state index >= 15 is 0 Å². The van der Waals surface area contributed by atoms with Crippen molar-refractivity contribution in [2.45, 2.75) is 24.4 Å². The largest absolute Gasteiger partial charge is 0.243 e. The molecule has 5 aromatic carbocycles. The highest BCUT2D eigenvalue weighted by molar-refractivity contribution is 7.89. The molecule has 5 rings (SSSR count). The quantitative estimate of drug-likeness (QED) is 0.175. The van der Waals surface area contributed by atoms with Crippen molar-refractivity contribution in [1.29, 1.82) is 0 Å². The van der Waals surface area contributed by atoms with E-state index in [4.69, 9.17) is 0 Å². The minimum atomic E-state index is -3.83. The normalized spacial score (nSPS) is 12.5. The number of benzene rings is 5. The van der Waals surface area contributed by atoms with E-state index in [0.717, 1.165) is 16.7 Å². The Morgan fingerprint density at radius 1 is 0.615 bits per heavy atom. The van der Waals surface area contributed by atoms with Crippen LogP contribution < -0.4 is 10.6 Å². The van der Waals surface area contributed by atoms with Crippen LogP contribution in [0, 0.1) is 6.92 Å². The molecule has 5 aromatic rings. The molecule has 39 heavy (non-hydrogen) atoms. The van der Waals surface area contributed by atoms with Crippen LogP contribution in [0.25, 0.3) is 0 Å². The van der Waals surface area contributed by atoms with Gasteiger partial charge in [0.1, 0.15) is 0 Å². The maximum atomic E-state index is 14.5. The van der Waals surface area contributed by atoms with Crippen LogP contribution >= 0.6 is 7.92 Å². The van der Waals surface area contributed by atoms with Crippen LogP contribution in [0.3, 0.4) is 0 Å². The molecule has 0 aliphatic carbocycles. The fourth-order valence-electron chi connectivity index (χ4n) is 4.76. The SMILES string of the molecule is Cc1ccc(S(=O)(=O)N(Cc2ccccc2)C(CP(c2ccccc2)c2ccccc2)c2ccccc2)cc1. The molecule has 0 aliphatic rings. The molecular weight excluding hydrogens is 517 g/mol. The summed E-state index contributed by atoms with van der Waals surface area (Å²) in [6, 6.07) is 47.7. The van der Waals surface area contributed by atoms with Gasteiger partial charge in [0.2, 0.25) is 10.0 Å². The fourth-order valence-corrected chi connectivity index (χ4v) is 9.01. The van der Waals surface area contributed by atoms with Crippen molar-refractivity contribution in [3.05, 3.63) is 162 Å². The van der Waals surface area contributed by atoms with Gasteiger partial charge in [-0.15, -0.1) is 0 Å². The first-order valence-electron chi connectivity index (χ1n) is 13.1. The molecule has 0 saturated carbocycles. The Morgan fingerprint density at radius 2 is 1.08 bits per heavy atom. The fraction of sp³-hybridized carbons (Fsp3) is 0.118. The Morgan fingerprint density at radius 3 is 1.59 bits per heavy atom. The van der Waals surface area contributed by atoms with Crippen LogP contribution in [0.5, 0.6) is 0 Å². The highest BCUT2D eigenvalue weighted by Gasteiger charge is 2.35. The zero-order valence-electron chi connectivity index (χ0n) is 22.0. The summed E-state index contributed by atoms with van der Waals surface area (Å²) < 4.78 is 30.6. The van der Waals surface area contributed by atoms with Gasteiger partial charge in [0, 0.05) is 6.54 Å². The van der Waals surface area contributed by atoms with E-state index in [9.17, 15) is 8.42 Å². The van der Waals surface area contributed by atoms with Gasteiger partial charge in [-0.2, -0.15) is 4.31 Å². The molecule has 1 unspecified atom stereocenters. The first kappa shape index (κ1) is 27.0. The lowest BCUT2D eigenvalue weighted by Gasteiger charge is -2.34. The summed E-state index contributed by atoms with van der Waals surface area (Å²) >= 11 is 0. The predicted octanol–water partition coefficient (Wildman–Crippen LogP) is 7.06. The summed E-state index contributed by atoms with van der Waals surface area (Å²) in [4.78, 5) is 0.314. The molecule has 0 saturated heterocycles. The van der Waals surface area contributed by atoms with Crippen molar-refractivity contribution in [2.75, 3.05) is 6.16 Å². The van der Waals surface area contributed by atoms with Gasteiger partial charge in [-0.3, -0.25) is 0 Å². The van der Waals surface area contributed by atoms with Crippen molar-refractivity contribution < 1.29 is 8.42 Å². The minimum absolute atomic E-state index is 0.281. The second-order valence-electron chi connectivity index (χ2n) is 9.56. The second-order valence-corrected chi connectivity index (χ2v) is 13.7. The molecule has 0 radical (unpaired) electrons. The zero-order chi connectivity index (χ0) is 27.1. The number of aryl methyl sites for hydroxylation is 1. The van der Waals surface area contributed by atoms with E-state index in [-0.39, 0.29) is 12.6 Å². The third-order valence-electron chi connectivity index (χ3n) is 6.83. The van der Waals surface area contributed by atoms with Gasteiger partial charge >= 0.3 is 0 Å². The molecule has 0 bridgehead atoms. The van der Waals surface area contributed by atoms with Crippen molar-refractivity contribution in [2.24, 2.45) is 0 Å². The van der Waals surface area contributed by atoms with Crippen LogP contribution in [-0.2, 0) is 16.6 Å². The van der Waals surface area contributed by atoms with E-state index in [2.05, 4.69) is 60.7 Å². The smallest absolute Gasteiger partial charge is 0.207 e. The molecule has 0 aliphatic heterocycles. The molecule has 1 atom stereocenters. The minimum Gasteiger partial charge on any atom is -0.207 e. The van der Waals surface area contributed by atoms with E-state index < -0.39 is 17.9 Å². The lowest BCUT2D eigenvalue weighted by atomic mass is 10.1. The van der Waals surface area contributed by atoms with Crippen LogP contribution in [0.1, 0.15) is 22.7 Å². The van der Waals surface area contributed by atoms with Crippen LogP contribution in [0.15, 0.2) is 150 Å². The van der Waals surface area contributed by atoms with Gasteiger partial charge in [-0.1, -0.05) is 139 Å². The van der Waals surface area contributed by atoms with Crippen molar-refractivity contribution in [3.8, 4) is 0 Å². The predicted molar refractivity (Wildman–Crippen MR) is 163 cm³/mol. The maximum absolute atomic E-state index is 14.5. The molecule has 0 spiro atoms. The Kier molecular flexibility index (Phi) is 8.68. The van der Waals surface area contributed by atoms with Crippen LogP contribution in [-0.4, -0.2) is 18.9 Å². The van der Waals surface area contributed by atoms with E-state index in [0.29, 0.717) is 11.1 Å². The van der Waals surface area contributed by atoms with Gasteiger partial charge in [0.25, 0.3) is 0 Å². The van der Waals surface area contributed by atoms with Gasteiger partial charge in [-0.05, 0) is 54.9 Å². The lowest BCUT2D eigenvalue weighted by Crippen LogP contribution is -2.37. The number of rotatable bonds is 10. The Balaban J connectivity index is 1.66. The Hall–Kier alpha value is -3.56. The summed E-state index contributed by atoms with van der Waals surface area (Å²) in [6.45, 7) is 2.25. The lowest BCUT2D eigenvalue weighted by molar-refractivity contribution is 0.339. The van der Waals surface area contributed by atoms with Crippen molar-refractivity contribution in [1.82, 2.24) is 4.31 Å². The molecule has 3 nitrogen and oxygen atoms in total. The zero-order valence-corrected chi connectivity index (χ0v) is 23.7. The van der Waals surface area contributed by atoms with Gasteiger partial charge < -0.3 is 0 Å². The summed E-state index contributed by atoms with van der Waals surface area (Å²) in [5.74, 6) is 0. The number of sulfonamides is 1. The monoisotopic (exact) mass is 549 g/mol. The molecular formula is C34H32NO2PS. The molecule has 0 heterocycles. The third kappa shape index (κ3) is 6.54. The Labute approximate surface area is 233 Å². The van der Waals surface area contributed by atoms with Crippen molar-refractivity contribution >= 4 is 28.6 Å². The molecule has 0 N–H and O–H groups in total. The number of hydrogen-bond acceptors (Lipinski definition) is 2. The molecule has 196 valence electrons. The first-order chi connectivity index (χ1) is 19.0. The van der Waals surface area contributed by atoms with E-state index in [1.165, 1.54) is 10.6 Å². The highest BCUT2D eigenvalue weighted by atomic mass is 32.2. The molecule has 0 amide bonds. The first-order valence-corrected chi connectivity index (χ1v) is 16.0. The van der Waals surface area contributed by atoms with Gasteiger partial charge in [0.15, 0.2) is 0 Å². The average Bonchev–Trinajstić information content (AvgIpc) is 2.99. The number of hydrogen-bond donors (Lipinski definition) is 0. The third-order valence-corrected chi connectivity index (χ3v) is 11.3. The maximum Gasteiger partial charge on any atom is 0.243 e. The average molecular weight is 550 g/mol. The van der Waals surface area contributed by atoms with Crippen LogP contribution in [0.2, 0.25) is 0 Å². The summed E-state index contributed by atoms with van der Waals surface area (Å²) in [7, 11) is -4.68. The summed E-state index contributed by atoms with van der Waals surface area (Å²) in [5, 5.41) is 2.46. The van der Waals surface area contributed by atoms with E-state index in [1.807, 2.05) is 79.7 Å². The van der Waals surface area contributed by atoms with Crippen LogP contribution in [0.4, 0.5) is 0 Å². The topological polar surface area (TPSA) is 37.4 Å². The van der Waals surface area contributed by atoms with E-state index in [1.54, 1.807) is 16.4 Å². The second kappa shape index (κ2) is 12.5. The highest BCUT2D eigenvalue weighted by Crippen LogP contribution is 2.42.